The van der Waals surface area contributed by atoms with Crippen molar-refractivity contribution in [1.82, 2.24) is 14.5 Å². The van der Waals surface area contributed by atoms with Crippen LogP contribution in [0.3, 0.4) is 0 Å². The number of pyridine rings is 1. The molecule has 5 rings (SSSR count). The monoisotopic (exact) mass is 395 g/mol. The van der Waals surface area contributed by atoms with Gasteiger partial charge in [-0.15, -0.1) is 0 Å². The van der Waals surface area contributed by atoms with Gasteiger partial charge in [0.25, 0.3) is 11.8 Å². The summed E-state index contributed by atoms with van der Waals surface area (Å²) in [7, 11) is 0. The first-order valence-corrected chi connectivity index (χ1v) is 9.03. The molecule has 9 heteroatoms. The van der Waals surface area contributed by atoms with E-state index < -0.39 is 34.7 Å². The minimum absolute atomic E-state index is 0.188. The Morgan fingerprint density at radius 3 is 2.52 bits per heavy atom. The van der Waals surface area contributed by atoms with Crippen molar-refractivity contribution in [2.45, 2.75) is 25.3 Å². The Labute approximate surface area is 164 Å². The molecule has 0 radical (unpaired) electrons. The summed E-state index contributed by atoms with van der Waals surface area (Å²) in [5, 5.41) is 2.47. The van der Waals surface area contributed by atoms with E-state index in [4.69, 9.17) is 0 Å². The van der Waals surface area contributed by atoms with Gasteiger partial charge in [0.05, 0.1) is 6.20 Å². The second-order valence-corrected chi connectivity index (χ2v) is 7.16. The minimum atomic E-state index is -1.02. The quantitative estimate of drug-likeness (QED) is 0.738. The lowest BCUT2D eigenvalue weighted by Gasteiger charge is -2.17. The lowest BCUT2D eigenvalue weighted by Crippen LogP contribution is -2.31. The summed E-state index contributed by atoms with van der Waals surface area (Å²) < 4.78 is 31.6. The maximum atomic E-state index is 14.9. The smallest absolute Gasteiger partial charge is 0.260 e. The Bertz CT molecular complexity index is 1150. The molecule has 0 bridgehead atoms. The standard InChI is InChI=1S/C20H15F2N5O2/c1-11-10-24-19-26(18(29)20(5-6-20)27(11)19)16-13(21)8-12(9-14(16)22)17(28)25-15-4-2-3-7-23-15/h2-4,7-10H,5-6H2,1H3,(H,23,25,28). The van der Waals surface area contributed by atoms with Crippen LogP contribution in [0.5, 0.6) is 0 Å². The Morgan fingerprint density at radius 2 is 1.90 bits per heavy atom. The van der Waals surface area contributed by atoms with Crippen LogP contribution >= 0.6 is 0 Å². The lowest BCUT2D eigenvalue weighted by atomic mass is 10.1. The molecule has 1 N–H and O–H groups in total. The van der Waals surface area contributed by atoms with Crippen molar-refractivity contribution >= 4 is 29.3 Å². The normalized spacial score (nSPS) is 16.2. The van der Waals surface area contributed by atoms with Gasteiger partial charge in [-0.2, -0.15) is 0 Å². The highest BCUT2D eigenvalue weighted by molar-refractivity contribution is 6.10. The summed E-state index contributed by atoms with van der Waals surface area (Å²) in [5.41, 5.74) is -0.800. The third-order valence-electron chi connectivity index (χ3n) is 5.28. The van der Waals surface area contributed by atoms with E-state index in [-0.39, 0.29) is 17.3 Å². The predicted octanol–water partition coefficient (Wildman–Crippen LogP) is 3.28. The van der Waals surface area contributed by atoms with E-state index in [1.807, 2.05) is 0 Å². The topological polar surface area (TPSA) is 80.1 Å². The maximum Gasteiger partial charge on any atom is 0.260 e. The number of fused-ring (bicyclic) bond motifs is 2. The van der Waals surface area contributed by atoms with E-state index in [0.717, 1.165) is 22.7 Å². The van der Waals surface area contributed by atoms with Crippen molar-refractivity contribution in [3.05, 3.63) is 65.6 Å². The first-order chi connectivity index (χ1) is 13.9. The number of amides is 2. The van der Waals surface area contributed by atoms with E-state index in [9.17, 15) is 18.4 Å². The first kappa shape index (κ1) is 17.5. The summed E-state index contributed by atoms with van der Waals surface area (Å²) in [5.74, 6) is -2.72. The van der Waals surface area contributed by atoms with E-state index in [1.165, 1.54) is 6.20 Å². The van der Waals surface area contributed by atoms with Gasteiger partial charge in [-0.25, -0.2) is 23.6 Å². The summed E-state index contributed by atoms with van der Waals surface area (Å²) in [4.78, 5) is 34.4. The van der Waals surface area contributed by atoms with Gasteiger partial charge in [0.1, 0.15) is 17.0 Å². The molecule has 3 heterocycles. The van der Waals surface area contributed by atoms with Crippen molar-refractivity contribution in [3.8, 4) is 0 Å². The molecule has 29 heavy (non-hydrogen) atoms. The highest BCUT2D eigenvalue weighted by Gasteiger charge is 2.61. The zero-order valence-electron chi connectivity index (χ0n) is 15.3. The minimum Gasteiger partial charge on any atom is -0.307 e. The Balaban J connectivity index is 1.53. The summed E-state index contributed by atoms with van der Waals surface area (Å²) in [6.07, 6.45) is 4.25. The number of imidazole rings is 1. The number of halogens is 2. The fourth-order valence-corrected chi connectivity index (χ4v) is 3.80. The molecule has 2 aliphatic rings. The van der Waals surface area contributed by atoms with Gasteiger partial charge >= 0.3 is 0 Å². The molecule has 0 atom stereocenters. The van der Waals surface area contributed by atoms with E-state index in [1.54, 1.807) is 35.9 Å². The molecule has 1 aromatic carbocycles. The average Bonchev–Trinajstić information content (AvgIpc) is 3.35. The molecule has 1 aliphatic carbocycles. The van der Waals surface area contributed by atoms with Crippen LogP contribution in [0.15, 0.2) is 42.7 Å². The van der Waals surface area contributed by atoms with Crippen molar-refractivity contribution in [1.29, 1.82) is 0 Å². The maximum absolute atomic E-state index is 14.9. The SMILES string of the molecule is Cc1cnc2n1C1(CC1)C(=O)N2c1c(F)cc(C(=O)Nc2ccccn2)cc1F. The highest BCUT2D eigenvalue weighted by atomic mass is 19.1. The fourth-order valence-electron chi connectivity index (χ4n) is 3.80. The molecule has 7 nitrogen and oxygen atoms in total. The van der Waals surface area contributed by atoms with Crippen molar-refractivity contribution in [2.24, 2.45) is 0 Å². The summed E-state index contributed by atoms with van der Waals surface area (Å²) in [6, 6.07) is 6.71. The second kappa shape index (κ2) is 5.94. The molecule has 1 fully saturated rings. The van der Waals surface area contributed by atoms with E-state index in [2.05, 4.69) is 15.3 Å². The average molecular weight is 395 g/mol. The lowest BCUT2D eigenvalue weighted by molar-refractivity contribution is -0.120. The van der Waals surface area contributed by atoms with Gasteiger partial charge in [0, 0.05) is 17.5 Å². The molecule has 1 aliphatic heterocycles. The molecular weight excluding hydrogens is 380 g/mol. The van der Waals surface area contributed by atoms with Gasteiger partial charge in [0.2, 0.25) is 5.95 Å². The molecule has 1 spiro atoms. The molecule has 0 unspecified atom stereocenters. The zero-order chi connectivity index (χ0) is 20.3. The largest absolute Gasteiger partial charge is 0.307 e. The summed E-state index contributed by atoms with van der Waals surface area (Å²) in [6.45, 7) is 1.80. The van der Waals surface area contributed by atoms with Crippen molar-refractivity contribution < 1.29 is 18.4 Å². The van der Waals surface area contributed by atoms with Crippen molar-refractivity contribution in [3.63, 3.8) is 0 Å². The van der Waals surface area contributed by atoms with Gasteiger partial charge in [-0.1, -0.05) is 6.07 Å². The Morgan fingerprint density at radius 1 is 1.17 bits per heavy atom. The third-order valence-corrected chi connectivity index (χ3v) is 5.28. The van der Waals surface area contributed by atoms with Crippen LogP contribution < -0.4 is 10.2 Å². The van der Waals surface area contributed by atoms with Crippen LogP contribution in [0, 0.1) is 18.6 Å². The van der Waals surface area contributed by atoms with Gasteiger partial charge in [-0.05, 0) is 44.0 Å². The van der Waals surface area contributed by atoms with Crippen LogP contribution in [0.4, 0.5) is 26.2 Å². The molecule has 2 amide bonds. The molecule has 0 saturated heterocycles. The number of anilines is 3. The third kappa shape index (κ3) is 2.47. The molecule has 3 aromatic rings. The number of carbonyl (C=O) groups is 2. The van der Waals surface area contributed by atoms with E-state index >= 15 is 0 Å². The van der Waals surface area contributed by atoms with Gasteiger partial charge in [-0.3, -0.25) is 14.2 Å². The van der Waals surface area contributed by atoms with Crippen LogP contribution in [0.1, 0.15) is 28.9 Å². The number of hydrogen-bond acceptors (Lipinski definition) is 4. The first-order valence-electron chi connectivity index (χ1n) is 9.03. The molecule has 146 valence electrons. The molecule has 2 aromatic heterocycles. The number of hydrogen-bond donors (Lipinski definition) is 1. The predicted molar refractivity (Wildman–Crippen MR) is 99.9 cm³/mol. The molecular formula is C20H15F2N5O2. The van der Waals surface area contributed by atoms with Crippen LogP contribution in [0.2, 0.25) is 0 Å². The number of rotatable bonds is 3. The highest BCUT2D eigenvalue weighted by Crippen LogP contribution is 2.54. The van der Waals surface area contributed by atoms with Crippen LogP contribution in [-0.4, -0.2) is 26.3 Å². The number of benzene rings is 1. The van der Waals surface area contributed by atoms with Gasteiger partial charge < -0.3 is 5.32 Å². The number of carbonyl (C=O) groups excluding carboxylic acids is 2. The van der Waals surface area contributed by atoms with Gasteiger partial charge in [0.15, 0.2) is 11.6 Å². The van der Waals surface area contributed by atoms with Crippen LogP contribution in [0.25, 0.3) is 0 Å². The number of nitrogens with one attached hydrogen (secondary N) is 1. The number of aromatic nitrogens is 3. The fraction of sp³-hybridized carbons (Fsp3) is 0.200. The second-order valence-electron chi connectivity index (χ2n) is 7.16. The Hall–Kier alpha value is -3.62. The number of aryl methyl sites for hydroxylation is 1. The van der Waals surface area contributed by atoms with Crippen LogP contribution in [-0.2, 0) is 10.3 Å². The van der Waals surface area contributed by atoms with Crippen molar-refractivity contribution in [2.75, 3.05) is 10.2 Å². The van der Waals surface area contributed by atoms with E-state index in [0.29, 0.717) is 12.8 Å². The zero-order valence-corrected chi connectivity index (χ0v) is 15.3. The molecule has 1 saturated carbocycles. The Kier molecular flexibility index (Phi) is 3.58. The summed E-state index contributed by atoms with van der Waals surface area (Å²) >= 11 is 0. The number of nitrogens with zero attached hydrogens (tertiary/aromatic N) is 4.